The van der Waals surface area contributed by atoms with Gasteiger partial charge in [-0.15, -0.1) is 11.3 Å². The monoisotopic (exact) mass is 352 g/mol. The van der Waals surface area contributed by atoms with E-state index in [1.807, 2.05) is 36.4 Å². The third-order valence-electron chi connectivity index (χ3n) is 4.16. The van der Waals surface area contributed by atoms with Crippen LogP contribution in [-0.4, -0.2) is 22.0 Å². The molecule has 0 fully saturated rings. The first kappa shape index (κ1) is 15.8. The van der Waals surface area contributed by atoms with Gasteiger partial charge < -0.3 is 4.74 Å². The molecule has 4 aromatic rings. The Morgan fingerprint density at radius 1 is 1.24 bits per heavy atom. The van der Waals surface area contributed by atoms with Crippen molar-refractivity contribution in [1.82, 2.24) is 9.38 Å². The van der Waals surface area contributed by atoms with Crippen molar-refractivity contribution in [3.8, 4) is 0 Å². The highest BCUT2D eigenvalue weighted by molar-refractivity contribution is 7.24. The summed E-state index contributed by atoms with van der Waals surface area (Å²) in [5.74, 6) is -0.587. The van der Waals surface area contributed by atoms with E-state index in [0.29, 0.717) is 15.9 Å². The van der Waals surface area contributed by atoms with E-state index in [9.17, 15) is 9.59 Å². The number of benzene rings is 1. The van der Waals surface area contributed by atoms with E-state index < -0.39 is 5.97 Å². The molecule has 0 aliphatic carbocycles. The van der Waals surface area contributed by atoms with Gasteiger partial charge >= 0.3 is 5.97 Å². The molecule has 0 aliphatic rings. The summed E-state index contributed by atoms with van der Waals surface area (Å²) in [5.41, 5.74) is 3.18. The minimum Gasteiger partial charge on any atom is -0.462 e. The van der Waals surface area contributed by atoms with Crippen LogP contribution in [0.5, 0.6) is 0 Å². The van der Waals surface area contributed by atoms with Crippen LogP contribution in [0.25, 0.3) is 26.1 Å². The third kappa shape index (κ3) is 2.33. The summed E-state index contributed by atoms with van der Waals surface area (Å²) in [6, 6.07) is 9.58. The van der Waals surface area contributed by atoms with E-state index in [2.05, 4.69) is 4.98 Å². The summed E-state index contributed by atoms with van der Waals surface area (Å²) in [6.45, 7) is 5.85. The molecule has 126 valence electrons. The summed E-state index contributed by atoms with van der Waals surface area (Å²) >= 11 is 1.41. The normalized spacial score (nSPS) is 11.5. The maximum absolute atomic E-state index is 13.0. The van der Waals surface area contributed by atoms with Crippen molar-refractivity contribution in [1.29, 1.82) is 0 Å². The third-order valence-corrected chi connectivity index (χ3v) is 5.30. The molecular formula is C19H16N2O3S. The molecule has 0 saturated carbocycles. The molecule has 0 saturated heterocycles. The first-order valence-corrected chi connectivity index (χ1v) is 8.85. The topological polar surface area (TPSA) is 60.7 Å². The van der Waals surface area contributed by atoms with Gasteiger partial charge in [0.2, 0.25) is 5.43 Å². The average Bonchev–Trinajstić information content (AvgIpc) is 2.93. The average molecular weight is 352 g/mol. The lowest BCUT2D eigenvalue weighted by Gasteiger charge is -2.08. The molecule has 0 bridgehead atoms. The van der Waals surface area contributed by atoms with Gasteiger partial charge in [-0.3, -0.25) is 9.20 Å². The standard InChI is InChI=1S/C19H16N2O3S/c1-4-24-19(23)15-16(22)12-7-6-11(3)20-17(12)21-13-9-10(2)5-8-14(13)25-18(15)21/h5-9H,4H2,1-3H3. The Bertz CT molecular complexity index is 1220. The van der Waals surface area contributed by atoms with Gasteiger partial charge in [-0.1, -0.05) is 6.07 Å². The number of carbonyl (C=O) groups excluding carboxylic acids is 1. The summed E-state index contributed by atoms with van der Waals surface area (Å²) in [6.07, 6.45) is 0. The number of hydrogen-bond acceptors (Lipinski definition) is 5. The van der Waals surface area contributed by atoms with E-state index >= 15 is 0 Å². The highest BCUT2D eigenvalue weighted by Crippen LogP contribution is 2.31. The van der Waals surface area contributed by atoms with Crippen LogP contribution < -0.4 is 5.43 Å². The van der Waals surface area contributed by atoms with Gasteiger partial charge in [0.1, 0.15) is 16.0 Å². The molecule has 0 aliphatic heterocycles. The Labute approximate surface area is 147 Å². The second kappa shape index (κ2) is 5.67. The Balaban J connectivity index is 2.30. The number of fused-ring (bicyclic) bond motifs is 5. The molecule has 25 heavy (non-hydrogen) atoms. The number of esters is 1. The van der Waals surface area contributed by atoms with E-state index in [0.717, 1.165) is 21.5 Å². The predicted molar refractivity (Wildman–Crippen MR) is 99.8 cm³/mol. The fraction of sp³-hybridized carbons (Fsp3) is 0.211. The van der Waals surface area contributed by atoms with Crippen molar-refractivity contribution in [3.05, 3.63) is 57.4 Å². The Morgan fingerprint density at radius 2 is 2.04 bits per heavy atom. The molecule has 0 spiro atoms. The van der Waals surface area contributed by atoms with Crippen LogP contribution >= 0.6 is 11.3 Å². The van der Waals surface area contributed by atoms with Gasteiger partial charge in [0.25, 0.3) is 0 Å². The fourth-order valence-corrected chi connectivity index (χ4v) is 4.18. The van der Waals surface area contributed by atoms with Gasteiger partial charge in [0, 0.05) is 5.69 Å². The summed E-state index contributed by atoms with van der Waals surface area (Å²) in [4.78, 5) is 30.6. The molecule has 0 atom stereocenters. The molecule has 1 aromatic carbocycles. The fourth-order valence-electron chi connectivity index (χ4n) is 3.03. The molecule has 5 nitrogen and oxygen atoms in total. The van der Waals surface area contributed by atoms with Crippen molar-refractivity contribution in [3.63, 3.8) is 0 Å². The van der Waals surface area contributed by atoms with Crippen LogP contribution in [-0.2, 0) is 4.74 Å². The molecular weight excluding hydrogens is 336 g/mol. The van der Waals surface area contributed by atoms with Crippen LogP contribution in [0.2, 0.25) is 0 Å². The number of thiazole rings is 1. The van der Waals surface area contributed by atoms with Crippen molar-refractivity contribution in [2.45, 2.75) is 20.8 Å². The quantitative estimate of drug-likeness (QED) is 0.514. The largest absolute Gasteiger partial charge is 0.462 e. The van der Waals surface area contributed by atoms with Crippen molar-refractivity contribution in [2.24, 2.45) is 0 Å². The molecule has 0 radical (unpaired) electrons. The minimum absolute atomic E-state index is 0.0823. The number of hydrogen-bond donors (Lipinski definition) is 0. The van der Waals surface area contributed by atoms with Crippen LogP contribution in [0.1, 0.15) is 28.5 Å². The first-order valence-electron chi connectivity index (χ1n) is 8.03. The van der Waals surface area contributed by atoms with Gasteiger partial charge in [0.05, 0.1) is 22.2 Å². The maximum Gasteiger partial charge on any atom is 0.345 e. The lowest BCUT2D eigenvalue weighted by molar-refractivity contribution is 0.0527. The zero-order valence-electron chi connectivity index (χ0n) is 14.1. The molecule has 4 rings (SSSR count). The Morgan fingerprint density at radius 3 is 2.80 bits per heavy atom. The smallest absolute Gasteiger partial charge is 0.345 e. The number of aromatic nitrogens is 2. The van der Waals surface area contributed by atoms with Crippen molar-refractivity contribution >= 4 is 43.4 Å². The number of rotatable bonds is 2. The number of nitrogens with zero attached hydrogens (tertiary/aromatic N) is 2. The van der Waals surface area contributed by atoms with E-state index in [1.165, 1.54) is 11.3 Å². The second-order valence-electron chi connectivity index (χ2n) is 5.96. The predicted octanol–water partition coefficient (Wildman–Crippen LogP) is 3.86. The summed E-state index contributed by atoms with van der Waals surface area (Å²) in [7, 11) is 0. The molecule has 0 N–H and O–H groups in total. The van der Waals surface area contributed by atoms with Crippen molar-refractivity contribution in [2.75, 3.05) is 6.61 Å². The van der Waals surface area contributed by atoms with Crippen LogP contribution in [0.3, 0.4) is 0 Å². The SMILES string of the molecule is CCOC(=O)c1c(=O)c2ccc(C)nc2n2c1sc1ccc(C)cc12. The Hall–Kier alpha value is -2.73. The molecule has 0 unspecified atom stereocenters. The van der Waals surface area contributed by atoms with Crippen LogP contribution in [0.15, 0.2) is 35.1 Å². The van der Waals surface area contributed by atoms with E-state index in [4.69, 9.17) is 4.74 Å². The highest BCUT2D eigenvalue weighted by atomic mass is 32.1. The first-order chi connectivity index (χ1) is 12.0. The number of pyridine rings is 2. The van der Waals surface area contributed by atoms with Gasteiger partial charge in [-0.05, 0) is 50.6 Å². The van der Waals surface area contributed by atoms with E-state index in [-0.39, 0.29) is 17.6 Å². The highest BCUT2D eigenvalue weighted by Gasteiger charge is 2.23. The van der Waals surface area contributed by atoms with Gasteiger partial charge in [0.15, 0.2) is 0 Å². The van der Waals surface area contributed by atoms with Gasteiger partial charge in [-0.2, -0.15) is 0 Å². The number of ether oxygens (including phenoxy) is 1. The van der Waals surface area contributed by atoms with Gasteiger partial charge in [-0.25, -0.2) is 9.78 Å². The zero-order chi connectivity index (χ0) is 17.7. The lowest BCUT2D eigenvalue weighted by atomic mass is 10.1. The van der Waals surface area contributed by atoms with Crippen molar-refractivity contribution < 1.29 is 9.53 Å². The minimum atomic E-state index is -0.587. The summed E-state index contributed by atoms with van der Waals surface area (Å²) < 4.78 is 8.04. The lowest BCUT2D eigenvalue weighted by Crippen LogP contribution is -2.20. The summed E-state index contributed by atoms with van der Waals surface area (Å²) in [5, 5.41) is 0.423. The second-order valence-corrected chi connectivity index (χ2v) is 6.99. The van der Waals surface area contributed by atoms with E-state index in [1.54, 1.807) is 19.1 Å². The van der Waals surface area contributed by atoms with Crippen LogP contribution in [0.4, 0.5) is 0 Å². The number of carbonyl (C=O) groups is 1. The zero-order valence-corrected chi connectivity index (χ0v) is 14.9. The van der Waals surface area contributed by atoms with Crippen LogP contribution in [0, 0.1) is 13.8 Å². The Kier molecular flexibility index (Phi) is 3.58. The molecule has 6 heteroatoms. The maximum atomic E-state index is 13.0. The molecule has 3 heterocycles. The number of aryl methyl sites for hydroxylation is 2. The molecule has 3 aromatic heterocycles. The molecule has 0 amide bonds.